The Morgan fingerprint density at radius 3 is 2.12 bits per heavy atom. The lowest BCUT2D eigenvalue weighted by molar-refractivity contribution is -0.140. The van der Waals surface area contributed by atoms with E-state index >= 15 is 0 Å². The Morgan fingerprint density at radius 2 is 1.56 bits per heavy atom. The van der Waals surface area contributed by atoms with E-state index in [2.05, 4.69) is 0 Å². The molecule has 1 amide bonds. The minimum atomic E-state index is -0.874. The Hall–Kier alpha value is -4.50. The average molecular weight is 561 g/mol. The van der Waals surface area contributed by atoms with E-state index in [1.807, 2.05) is 50.2 Å². The molecule has 1 heterocycles. The molecule has 0 bridgehead atoms. The van der Waals surface area contributed by atoms with Crippen molar-refractivity contribution in [2.24, 2.45) is 0 Å². The number of ketones is 1. The molecule has 1 fully saturated rings. The quantitative estimate of drug-likeness (QED) is 0.207. The van der Waals surface area contributed by atoms with E-state index in [9.17, 15) is 14.7 Å². The highest BCUT2D eigenvalue weighted by Crippen LogP contribution is 2.45. The zero-order valence-corrected chi connectivity index (χ0v) is 24.3. The van der Waals surface area contributed by atoms with Gasteiger partial charge in [0, 0.05) is 18.7 Å². The summed E-state index contributed by atoms with van der Waals surface area (Å²) < 4.78 is 22.4. The molecule has 9 nitrogen and oxygen atoms in total. The molecule has 41 heavy (non-hydrogen) atoms. The summed E-state index contributed by atoms with van der Waals surface area (Å²) in [6.07, 6.45) is 0. The molecular weight excluding hydrogens is 524 g/mol. The van der Waals surface area contributed by atoms with E-state index in [0.717, 1.165) is 11.1 Å². The molecule has 0 unspecified atom stereocenters. The van der Waals surface area contributed by atoms with Crippen molar-refractivity contribution in [2.75, 3.05) is 48.5 Å². The number of carbonyl (C=O) groups excluding carboxylic acids is 2. The van der Waals surface area contributed by atoms with Crippen LogP contribution in [0, 0.1) is 6.92 Å². The lowest BCUT2D eigenvalue weighted by Crippen LogP contribution is -2.35. The Kier molecular flexibility index (Phi) is 9.19. The second-order valence-electron chi connectivity index (χ2n) is 9.99. The molecule has 1 atom stereocenters. The lowest BCUT2D eigenvalue weighted by Gasteiger charge is -2.27. The van der Waals surface area contributed by atoms with Crippen molar-refractivity contribution < 1.29 is 33.6 Å². The van der Waals surface area contributed by atoms with Gasteiger partial charge < -0.3 is 33.9 Å². The van der Waals surface area contributed by atoms with Gasteiger partial charge in [-0.2, -0.15) is 0 Å². The normalized spacial score (nSPS) is 16.3. The third kappa shape index (κ3) is 6.15. The summed E-state index contributed by atoms with van der Waals surface area (Å²) in [6, 6.07) is 17.3. The molecule has 3 aromatic rings. The first-order chi connectivity index (χ1) is 19.7. The van der Waals surface area contributed by atoms with Crippen LogP contribution in [0.25, 0.3) is 5.76 Å². The summed E-state index contributed by atoms with van der Waals surface area (Å²) in [5.41, 5.74) is 3.11. The van der Waals surface area contributed by atoms with Crippen molar-refractivity contribution >= 4 is 17.4 Å². The van der Waals surface area contributed by atoms with Crippen LogP contribution >= 0.6 is 0 Å². The molecule has 4 rings (SSSR count). The molecule has 216 valence electrons. The molecule has 0 radical (unpaired) electrons. The molecule has 1 aliphatic heterocycles. The minimum absolute atomic E-state index is 0.0170. The highest BCUT2D eigenvalue weighted by Gasteiger charge is 2.46. The van der Waals surface area contributed by atoms with Crippen LogP contribution < -0.4 is 18.9 Å². The fourth-order valence-corrected chi connectivity index (χ4v) is 4.82. The van der Waals surface area contributed by atoms with Gasteiger partial charge in [0.1, 0.15) is 18.1 Å². The standard InChI is InChI=1S/C32H36N2O7/c1-20-9-7-8-10-22(20)19-41-24-13-11-21(12-14-24)29(35)27-28(34(16-15-33(2)3)32(37)30(27)36)23-17-25(38-4)31(40-6)26(18-23)39-5/h7-14,17-18,28,35H,15-16,19H2,1-6H3/t28-/m1/s1. The van der Waals surface area contributed by atoms with Crippen molar-refractivity contribution in [3.63, 3.8) is 0 Å². The SMILES string of the molecule is COc1cc([C@@H]2C(=C(O)c3ccc(OCc4ccccc4C)cc3)C(=O)C(=O)N2CCN(C)C)cc(OC)c1OC. The maximum atomic E-state index is 13.4. The summed E-state index contributed by atoms with van der Waals surface area (Å²) in [5.74, 6) is -0.00164. The van der Waals surface area contributed by atoms with Crippen LogP contribution in [0.4, 0.5) is 0 Å². The Balaban J connectivity index is 1.74. The molecule has 1 saturated heterocycles. The monoisotopic (exact) mass is 560 g/mol. The van der Waals surface area contributed by atoms with Gasteiger partial charge in [-0.05, 0) is 74.1 Å². The topological polar surface area (TPSA) is 97.8 Å². The number of hydrogen-bond acceptors (Lipinski definition) is 8. The highest BCUT2D eigenvalue weighted by molar-refractivity contribution is 6.46. The van der Waals surface area contributed by atoms with Gasteiger partial charge in [0.25, 0.3) is 11.7 Å². The van der Waals surface area contributed by atoms with E-state index in [1.165, 1.54) is 26.2 Å². The number of rotatable bonds is 11. The van der Waals surface area contributed by atoms with Crippen molar-refractivity contribution in [3.8, 4) is 23.0 Å². The van der Waals surface area contributed by atoms with E-state index in [1.54, 1.807) is 36.4 Å². The number of likely N-dealkylation sites (tertiary alicyclic amines) is 1. The van der Waals surface area contributed by atoms with Crippen LogP contribution in [0.2, 0.25) is 0 Å². The first kappa shape index (κ1) is 29.5. The van der Waals surface area contributed by atoms with Crippen molar-refractivity contribution in [1.29, 1.82) is 0 Å². The van der Waals surface area contributed by atoms with Gasteiger partial charge in [-0.1, -0.05) is 24.3 Å². The van der Waals surface area contributed by atoms with Crippen LogP contribution in [0.1, 0.15) is 28.3 Å². The summed E-state index contributed by atoms with van der Waals surface area (Å²) in [7, 11) is 8.25. The van der Waals surface area contributed by atoms with Crippen LogP contribution in [-0.4, -0.2) is 75.1 Å². The van der Waals surface area contributed by atoms with Gasteiger partial charge >= 0.3 is 0 Å². The van der Waals surface area contributed by atoms with E-state index in [0.29, 0.717) is 47.3 Å². The maximum Gasteiger partial charge on any atom is 0.295 e. The number of amides is 1. The number of aryl methyl sites for hydroxylation is 1. The fourth-order valence-electron chi connectivity index (χ4n) is 4.82. The van der Waals surface area contributed by atoms with Crippen LogP contribution in [0.3, 0.4) is 0 Å². The first-order valence-electron chi connectivity index (χ1n) is 13.2. The number of aliphatic hydroxyl groups excluding tert-OH is 1. The number of nitrogens with zero attached hydrogens (tertiary/aromatic N) is 2. The van der Waals surface area contributed by atoms with Crippen molar-refractivity contribution in [3.05, 3.63) is 88.5 Å². The predicted octanol–water partition coefficient (Wildman–Crippen LogP) is 4.58. The van der Waals surface area contributed by atoms with Crippen LogP contribution in [-0.2, 0) is 16.2 Å². The van der Waals surface area contributed by atoms with Gasteiger partial charge in [-0.25, -0.2) is 0 Å². The molecule has 1 aliphatic rings. The van der Waals surface area contributed by atoms with Gasteiger partial charge in [0.05, 0.1) is 32.9 Å². The number of aliphatic hydroxyl groups is 1. The third-order valence-electron chi connectivity index (χ3n) is 7.11. The maximum absolute atomic E-state index is 13.4. The minimum Gasteiger partial charge on any atom is -0.507 e. The van der Waals surface area contributed by atoms with Crippen LogP contribution in [0.15, 0.2) is 66.2 Å². The van der Waals surface area contributed by atoms with Gasteiger partial charge in [0.2, 0.25) is 5.75 Å². The first-order valence-corrected chi connectivity index (χ1v) is 13.2. The summed E-state index contributed by atoms with van der Waals surface area (Å²) in [5, 5.41) is 11.5. The third-order valence-corrected chi connectivity index (χ3v) is 7.11. The van der Waals surface area contributed by atoms with Gasteiger partial charge in [-0.15, -0.1) is 0 Å². The smallest absolute Gasteiger partial charge is 0.295 e. The lowest BCUT2D eigenvalue weighted by atomic mass is 9.94. The fraction of sp³-hybridized carbons (Fsp3) is 0.312. The van der Waals surface area contributed by atoms with E-state index in [-0.39, 0.29) is 17.9 Å². The van der Waals surface area contributed by atoms with Crippen LogP contribution in [0.5, 0.6) is 23.0 Å². The summed E-state index contributed by atoms with van der Waals surface area (Å²) in [6.45, 7) is 3.20. The summed E-state index contributed by atoms with van der Waals surface area (Å²) in [4.78, 5) is 30.1. The Morgan fingerprint density at radius 1 is 0.927 bits per heavy atom. The number of Topliss-reactive ketones (excluding diaryl/α,β-unsaturated/α-hetero) is 1. The average Bonchev–Trinajstić information content (AvgIpc) is 3.23. The molecule has 1 N–H and O–H groups in total. The number of ether oxygens (including phenoxy) is 4. The van der Waals surface area contributed by atoms with Crippen molar-refractivity contribution in [1.82, 2.24) is 9.80 Å². The van der Waals surface area contributed by atoms with Gasteiger partial charge in [-0.3, -0.25) is 9.59 Å². The zero-order valence-electron chi connectivity index (χ0n) is 24.3. The van der Waals surface area contributed by atoms with Crippen molar-refractivity contribution in [2.45, 2.75) is 19.6 Å². The van der Waals surface area contributed by atoms with E-state index < -0.39 is 17.7 Å². The zero-order chi connectivity index (χ0) is 29.7. The number of benzene rings is 3. The highest BCUT2D eigenvalue weighted by atomic mass is 16.5. The number of likely N-dealkylation sites (N-methyl/N-ethyl adjacent to an activating group) is 1. The molecule has 0 spiro atoms. The predicted molar refractivity (Wildman–Crippen MR) is 156 cm³/mol. The Labute approximate surface area is 240 Å². The summed E-state index contributed by atoms with van der Waals surface area (Å²) >= 11 is 0. The molecular formula is C32H36N2O7. The second-order valence-corrected chi connectivity index (χ2v) is 9.99. The molecule has 3 aromatic carbocycles. The molecule has 0 aromatic heterocycles. The largest absolute Gasteiger partial charge is 0.507 e. The number of carbonyl (C=O) groups is 2. The van der Waals surface area contributed by atoms with Gasteiger partial charge in [0.15, 0.2) is 11.5 Å². The van der Waals surface area contributed by atoms with E-state index in [4.69, 9.17) is 18.9 Å². The molecule has 0 saturated carbocycles. The number of hydrogen-bond donors (Lipinski definition) is 1. The molecule has 9 heteroatoms. The second kappa shape index (κ2) is 12.8. The number of methoxy groups -OCH3 is 3. The Bertz CT molecular complexity index is 1420. The molecule has 0 aliphatic carbocycles.